The maximum Gasteiger partial charge on any atom is 2.00 e. The Morgan fingerprint density at radius 1 is 0.581 bits per heavy atom. The summed E-state index contributed by atoms with van der Waals surface area (Å²) in [6.45, 7) is 6.59. The van der Waals surface area contributed by atoms with Crippen LogP contribution in [0.25, 0.3) is 0 Å². The summed E-state index contributed by atoms with van der Waals surface area (Å²) in [5.74, 6) is 0. The second-order valence-electron chi connectivity index (χ2n) is 10.5. The van der Waals surface area contributed by atoms with Crippen LogP contribution in [0, 0.1) is 6.07 Å². The van der Waals surface area contributed by atoms with Crippen molar-refractivity contribution < 1.29 is 16.5 Å². The molecule has 1 aromatic heterocycles. The van der Waals surface area contributed by atoms with E-state index < -0.39 is 7.92 Å². The van der Waals surface area contributed by atoms with Gasteiger partial charge in [-0.3, -0.25) is 4.99 Å². The quantitative estimate of drug-likeness (QED) is 0.0818. The molecular weight excluding hydrogens is 586 g/mol. The monoisotopic (exact) mass is 622 g/mol. The van der Waals surface area contributed by atoms with Crippen LogP contribution in [0.3, 0.4) is 0 Å². The van der Waals surface area contributed by atoms with Crippen LogP contribution in [0.4, 0.5) is 5.69 Å². The fraction of sp³-hybridized carbons (Fsp3) is 0.103. The van der Waals surface area contributed by atoms with E-state index in [-0.39, 0.29) is 21.9 Å². The van der Waals surface area contributed by atoms with Gasteiger partial charge in [-0.05, 0) is 40.9 Å². The van der Waals surface area contributed by atoms with E-state index in [1.807, 2.05) is 60.8 Å². The van der Waals surface area contributed by atoms with Crippen LogP contribution >= 0.6 is 7.92 Å². The largest absolute Gasteiger partial charge is 2.00 e. The Morgan fingerprint density at radius 3 is 1.44 bits per heavy atom. The van der Waals surface area contributed by atoms with Crippen molar-refractivity contribution in [3.05, 3.63) is 181 Å². The molecular formula is C39H37N2NiP. The predicted molar refractivity (Wildman–Crippen MR) is 183 cm³/mol. The maximum absolute atomic E-state index is 4.53. The fourth-order valence-electron chi connectivity index (χ4n) is 4.27. The van der Waals surface area contributed by atoms with E-state index in [0.29, 0.717) is 0 Å². The molecule has 0 amide bonds. The summed E-state index contributed by atoms with van der Waals surface area (Å²) in [5, 5.41) is 4.19. The first-order valence-electron chi connectivity index (χ1n) is 14.1. The second kappa shape index (κ2) is 17.8. The second-order valence-corrected chi connectivity index (χ2v) is 12.7. The van der Waals surface area contributed by atoms with Crippen molar-refractivity contribution in [2.24, 2.45) is 4.99 Å². The van der Waals surface area contributed by atoms with Crippen molar-refractivity contribution >= 4 is 35.7 Å². The Balaban J connectivity index is 0.000000195. The van der Waals surface area contributed by atoms with Gasteiger partial charge in [0, 0.05) is 6.21 Å². The zero-order valence-corrected chi connectivity index (χ0v) is 26.7. The van der Waals surface area contributed by atoms with E-state index in [2.05, 4.69) is 140 Å². The first kappa shape index (κ1) is 33.5. The van der Waals surface area contributed by atoms with E-state index in [1.54, 1.807) is 6.20 Å². The Labute approximate surface area is 268 Å². The van der Waals surface area contributed by atoms with E-state index >= 15 is 0 Å². The number of hydrogen-bond acceptors (Lipinski definition) is 1. The molecule has 0 radical (unpaired) electrons. The minimum absolute atomic E-state index is 0. The first-order chi connectivity index (χ1) is 20.5. The van der Waals surface area contributed by atoms with E-state index in [9.17, 15) is 0 Å². The van der Waals surface area contributed by atoms with Gasteiger partial charge in [0.1, 0.15) is 0 Å². The van der Waals surface area contributed by atoms with Gasteiger partial charge in [0.05, 0.1) is 5.69 Å². The SMILES string of the molecule is CC(C)(C)c1ccccc1N=Cc1ccc[n-]1.[Ni+2].[c-]1ccccc1.c1ccc(P(c2ccccc2)c2ccccc2)cc1. The molecule has 218 valence electrons. The third kappa shape index (κ3) is 11.0. The molecule has 43 heavy (non-hydrogen) atoms. The third-order valence-corrected chi connectivity index (χ3v) is 8.72. The van der Waals surface area contributed by atoms with Crippen molar-refractivity contribution in [3.8, 4) is 0 Å². The van der Waals surface area contributed by atoms with Crippen molar-refractivity contribution in [1.29, 1.82) is 0 Å². The zero-order chi connectivity index (χ0) is 29.5. The van der Waals surface area contributed by atoms with Gasteiger partial charge < -0.3 is 4.98 Å². The minimum atomic E-state index is -0.446. The summed E-state index contributed by atoms with van der Waals surface area (Å²) in [7, 11) is -0.446. The molecule has 0 bridgehead atoms. The van der Waals surface area contributed by atoms with Crippen molar-refractivity contribution in [2.45, 2.75) is 26.2 Å². The molecule has 6 aromatic rings. The predicted octanol–water partition coefficient (Wildman–Crippen LogP) is 8.62. The fourth-order valence-corrected chi connectivity index (χ4v) is 6.57. The molecule has 0 aliphatic rings. The van der Waals surface area contributed by atoms with Crippen LogP contribution in [0.15, 0.2) is 169 Å². The van der Waals surface area contributed by atoms with Gasteiger partial charge in [0.2, 0.25) is 0 Å². The normalized spacial score (nSPS) is 10.6. The first-order valence-corrected chi connectivity index (χ1v) is 15.4. The zero-order valence-electron chi connectivity index (χ0n) is 24.8. The number of rotatable bonds is 5. The molecule has 0 aliphatic heterocycles. The average Bonchev–Trinajstić information content (AvgIpc) is 3.57. The third-order valence-electron chi connectivity index (χ3n) is 6.27. The summed E-state index contributed by atoms with van der Waals surface area (Å²) in [4.78, 5) is 8.70. The van der Waals surface area contributed by atoms with Gasteiger partial charge in [0.15, 0.2) is 0 Å². The van der Waals surface area contributed by atoms with Gasteiger partial charge in [-0.1, -0.05) is 142 Å². The van der Waals surface area contributed by atoms with Gasteiger partial charge in [-0.25, -0.2) is 0 Å². The Morgan fingerprint density at radius 2 is 1.05 bits per heavy atom. The summed E-state index contributed by atoms with van der Waals surface area (Å²) < 4.78 is 0. The van der Waals surface area contributed by atoms with Crippen molar-refractivity contribution in [3.63, 3.8) is 0 Å². The summed E-state index contributed by atoms with van der Waals surface area (Å²) in [6.07, 6.45) is 3.58. The number of benzene rings is 5. The Hall–Kier alpha value is -4.03. The Kier molecular flexibility index (Phi) is 13.9. The smallest absolute Gasteiger partial charge is 0.663 e. The molecule has 4 heteroatoms. The summed E-state index contributed by atoms with van der Waals surface area (Å²) in [6, 6.07) is 56.9. The van der Waals surface area contributed by atoms with Crippen LogP contribution in [0.2, 0.25) is 0 Å². The molecule has 0 atom stereocenters. The number of hydrogen-bond donors (Lipinski definition) is 0. The molecule has 0 unspecified atom stereocenters. The molecule has 5 aromatic carbocycles. The van der Waals surface area contributed by atoms with Gasteiger partial charge in [0.25, 0.3) is 0 Å². The molecule has 0 saturated carbocycles. The summed E-state index contributed by atoms with van der Waals surface area (Å²) >= 11 is 0. The molecule has 0 aliphatic carbocycles. The van der Waals surface area contributed by atoms with Gasteiger partial charge >= 0.3 is 16.5 Å². The molecule has 0 spiro atoms. The number of aromatic nitrogens is 1. The molecule has 2 nitrogen and oxygen atoms in total. The van der Waals surface area contributed by atoms with Crippen molar-refractivity contribution in [1.82, 2.24) is 4.98 Å². The van der Waals surface area contributed by atoms with Gasteiger partial charge in [-0.2, -0.15) is 42.6 Å². The number of aliphatic imine (C=N–C) groups is 1. The van der Waals surface area contributed by atoms with Crippen LogP contribution in [0.5, 0.6) is 0 Å². The Bertz CT molecular complexity index is 1460. The van der Waals surface area contributed by atoms with Crippen molar-refractivity contribution in [2.75, 3.05) is 0 Å². The van der Waals surface area contributed by atoms with E-state index in [4.69, 9.17) is 0 Å². The van der Waals surface area contributed by atoms with E-state index in [0.717, 1.165) is 11.4 Å². The maximum atomic E-state index is 4.53. The van der Waals surface area contributed by atoms with Crippen LogP contribution in [0.1, 0.15) is 32.0 Å². The van der Waals surface area contributed by atoms with Crippen LogP contribution in [-0.2, 0) is 21.9 Å². The number of nitrogens with zero attached hydrogens (tertiary/aromatic N) is 2. The number of para-hydroxylation sites is 1. The van der Waals surface area contributed by atoms with Crippen LogP contribution in [-0.4, -0.2) is 6.21 Å². The molecule has 1 heterocycles. The topological polar surface area (TPSA) is 26.5 Å². The van der Waals surface area contributed by atoms with Crippen LogP contribution < -0.4 is 20.9 Å². The molecule has 0 N–H and O–H groups in total. The molecule has 0 saturated heterocycles. The minimum Gasteiger partial charge on any atom is -0.663 e. The standard InChI is InChI=1S/C18H15P.C15H17N2.C6H5.Ni/c1-4-10-16(11-5-1)19(17-12-6-2-7-13-17)18-14-8-3-9-15-18;1-15(2,3)13-8-4-5-9-14(13)17-11-12-7-6-10-16-12;1-2-4-6-5-3-1;/h1-15H;4-11H,1-3H3;1-5H;/q;2*-1;+2. The molecule has 0 fully saturated rings. The van der Waals surface area contributed by atoms with E-state index in [1.165, 1.54) is 21.5 Å². The molecule has 6 rings (SSSR count). The van der Waals surface area contributed by atoms with Gasteiger partial charge in [-0.15, -0.1) is 5.69 Å². The summed E-state index contributed by atoms with van der Waals surface area (Å²) in [5.41, 5.74) is 3.27. The average molecular weight is 623 g/mol.